The molecule has 2 aromatic carbocycles. The Morgan fingerprint density at radius 3 is 3.00 bits per heavy atom. The third kappa shape index (κ3) is 4.69. The van der Waals surface area contributed by atoms with Crippen molar-refractivity contribution in [3.63, 3.8) is 0 Å². The fraction of sp³-hybridized carbons (Fsp3) is 0.350. The quantitative estimate of drug-likeness (QED) is 0.753. The normalized spacial score (nSPS) is 15.7. The van der Waals surface area contributed by atoms with Gasteiger partial charge in [-0.1, -0.05) is 18.2 Å². The Labute approximate surface area is 157 Å². The van der Waals surface area contributed by atoms with Crippen LogP contribution in [0.1, 0.15) is 11.1 Å². The molecule has 1 aliphatic heterocycles. The minimum atomic E-state index is -0.203. The van der Waals surface area contributed by atoms with E-state index in [2.05, 4.69) is 5.32 Å². The highest BCUT2D eigenvalue weighted by Gasteiger charge is 2.26. The summed E-state index contributed by atoms with van der Waals surface area (Å²) in [7, 11) is 1.62. The van der Waals surface area contributed by atoms with E-state index in [9.17, 15) is 9.18 Å². The largest absolute Gasteiger partial charge is 0.497 e. The maximum atomic E-state index is 13.5. The van der Waals surface area contributed by atoms with Crippen molar-refractivity contribution in [3.8, 4) is 11.5 Å². The van der Waals surface area contributed by atoms with E-state index in [0.717, 1.165) is 22.8 Å². The molecular formula is C20H22FNO3S. The van der Waals surface area contributed by atoms with E-state index in [1.165, 1.54) is 6.07 Å². The van der Waals surface area contributed by atoms with E-state index < -0.39 is 0 Å². The number of carbonyl (C=O) groups is 1. The van der Waals surface area contributed by atoms with Gasteiger partial charge in [0.2, 0.25) is 5.91 Å². The molecule has 2 aromatic rings. The fourth-order valence-electron chi connectivity index (χ4n) is 2.85. The third-order valence-corrected chi connectivity index (χ3v) is 5.31. The Morgan fingerprint density at radius 2 is 2.19 bits per heavy atom. The zero-order valence-electron chi connectivity index (χ0n) is 14.7. The van der Waals surface area contributed by atoms with Gasteiger partial charge in [-0.3, -0.25) is 4.79 Å². The van der Waals surface area contributed by atoms with Gasteiger partial charge in [-0.05, 0) is 41.8 Å². The molecule has 1 amide bonds. The number of rotatable bonds is 7. The lowest BCUT2D eigenvalue weighted by atomic mass is 9.96. The summed E-state index contributed by atoms with van der Waals surface area (Å²) in [5.74, 6) is 2.52. The highest BCUT2D eigenvalue weighted by atomic mass is 32.2. The second kappa shape index (κ2) is 8.94. The lowest BCUT2D eigenvalue weighted by Gasteiger charge is -2.25. The standard InChI is InChI=1S/C20H22FNO3S/c1-24-17-6-7-19-15(11-17)10-16(12-25-19)20(23)22-8-9-26-13-14-4-2-3-5-18(14)21/h2-7,11,16H,8-10,12-13H2,1H3,(H,22,23). The Bertz CT molecular complexity index is 768. The number of halogens is 1. The Morgan fingerprint density at radius 1 is 1.35 bits per heavy atom. The number of ether oxygens (including phenoxy) is 2. The number of hydrogen-bond donors (Lipinski definition) is 1. The van der Waals surface area contributed by atoms with Crippen LogP contribution >= 0.6 is 11.8 Å². The molecule has 1 unspecified atom stereocenters. The van der Waals surface area contributed by atoms with Crippen LogP contribution in [0.15, 0.2) is 42.5 Å². The summed E-state index contributed by atoms with van der Waals surface area (Å²) < 4.78 is 24.5. The van der Waals surface area contributed by atoms with Crippen LogP contribution < -0.4 is 14.8 Å². The molecule has 1 atom stereocenters. The van der Waals surface area contributed by atoms with Gasteiger partial charge < -0.3 is 14.8 Å². The predicted octanol–water partition coefficient (Wildman–Crippen LogP) is 3.44. The predicted molar refractivity (Wildman–Crippen MR) is 101 cm³/mol. The fourth-order valence-corrected chi connectivity index (χ4v) is 3.70. The first-order valence-corrected chi connectivity index (χ1v) is 9.71. The van der Waals surface area contributed by atoms with E-state index >= 15 is 0 Å². The maximum Gasteiger partial charge on any atom is 0.226 e. The summed E-state index contributed by atoms with van der Waals surface area (Å²) in [6, 6.07) is 12.4. The SMILES string of the molecule is COc1ccc2c(c1)CC(C(=O)NCCSCc1ccccc1F)CO2. The van der Waals surface area contributed by atoms with Crippen LogP contribution in [0.2, 0.25) is 0 Å². The lowest BCUT2D eigenvalue weighted by Crippen LogP contribution is -2.38. The molecule has 26 heavy (non-hydrogen) atoms. The molecule has 138 valence electrons. The van der Waals surface area contributed by atoms with Crippen molar-refractivity contribution in [2.45, 2.75) is 12.2 Å². The smallest absolute Gasteiger partial charge is 0.226 e. The molecule has 0 fully saturated rings. The van der Waals surface area contributed by atoms with E-state index in [0.29, 0.717) is 30.9 Å². The molecule has 0 aromatic heterocycles. The van der Waals surface area contributed by atoms with Crippen molar-refractivity contribution < 1.29 is 18.7 Å². The molecule has 3 rings (SSSR count). The number of methoxy groups -OCH3 is 1. The second-order valence-corrected chi connectivity index (χ2v) is 7.23. The van der Waals surface area contributed by atoms with Crippen LogP contribution in [0, 0.1) is 11.7 Å². The van der Waals surface area contributed by atoms with E-state index in [4.69, 9.17) is 9.47 Å². The van der Waals surface area contributed by atoms with Crippen LogP contribution in [0.4, 0.5) is 4.39 Å². The summed E-state index contributed by atoms with van der Waals surface area (Å²) >= 11 is 1.60. The molecule has 1 N–H and O–H groups in total. The first-order valence-electron chi connectivity index (χ1n) is 8.56. The Kier molecular flexibility index (Phi) is 6.39. The Balaban J connectivity index is 1.42. The second-order valence-electron chi connectivity index (χ2n) is 6.12. The lowest BCUT2D eigenvalue weighted by molar-refractivity contribution is -0.126. The van der Waals surface area contributed by atoms with E-state index in [-0.39, 0.29) is 17.6 Å². The van der Waals surface area contributed by atoms with Crippen molar-refractivity contribution in [1.29, 1.82) is 0 Å². The number of carbonyl (C=O) groups excluding carboxylic acids is 1. The molecule has 4 nitrogen and oxygen atoms in total. The molecule has 6 heteroatoms. The van der Waals surface area contributed by atoms with Crippen LogP contribution in [0.25, 0.3) is 0 Å². The number of fused-ring (bicyclic) bond motifs is 1. The highest BCUT2D eigenvalue weighted by Crippen LogP contribution is 2.30. The van der Waals surface area contributed by atoms with Gasteiger partial charge >= 0.3 is 0 Å². The first kappa shape index (κ1) is 18.6. The number of thioether (sulfide) groups is 1. The van der Waals surface area contributed by atoms with Gasteiger partial charge in [0.05, 0.1) is 13.0 Å². The summed E-state index contributed by atoms with van der Waals surface area (Å²) in [6.07, 6.45) is 0.640. The minimum Gasteiger partial charge on any atom is -0.497 e. The molecular weight excluding hydrogens is 353 g/mol. The summed E-state index contributed by atoms with van der Waals surface area (Å²) in [5, 5.41) is 2.95. The maximum absolute atomic E-state index is 13.5. The van der Waals surface area contributed by atoms with Crippen molar-refractivity contribution in [1.82, 2.24) is 5.32 Å². The van der Waals surface area contributed by atoms with E-state index in [1.807, 2.05) is 24.3 Å². The average molecular weight is 375 g/mol. The summed E-state index contributed by atoms with van der Waals surface area (Å²) in [5.41, 5.74) is 1.68. The molecule has 1 heterocycles. The van der Waals surface area contributed by atoms with Gasteiger partial charge in [0.15, 0.2) is 0 Å². The molecule has 0 saturated carbocycles. The van der Waals surface area contributed by atoms with Gasteiger partial charge in [0, 0.05) is 18.1 Å². The van der Waals surface area contributed by atoms with Gasteiger partial charge in [-0.25, -0.2) is 4.39 Å². The van der Waals surface area contributed by atoms with Gasteiger partial charge in [-0.2, -0.15) is 11.8 Å². The molecule has 1 aliphatic rings. The van der Waals surface area contributed by atoms with Gasteiger partial charge in [0.1, 0.15) is 23.9 Å². The van der Waals surface area contributed by atoms with Crippen LogP contribution in [0.5, 0.6) is 11.5 Å². The first-order chi connectivity index (χ1) is 12.7. The topological polar surface area (TPSA) is 47.6 Å². The molecule has 0 radical (unpaired) electrons. The van der Waals surface area contributed by atoms with Gasteiger partial charge in [-0.15, -0.1) is 0 Å². The zero-order valence-corrected chi connectivity index (χ0v) is 15.5. The minimum absolute atomic E-state index is 0.00929. The van der Waals surface area contributed by atoms with Crippen LogP contribution in [-0.2, 0) is 17.0 Å². The van der Waals surface area contributed by atoms with Gasteiger partial charge in [0.25, 0.3) is 0 Å². The number of hydrogen-bond acceptors (Lipinski definition) is 4. The van der Waals surface area contributed by atoms with Crippen molar-refractivity contribution >= 4 is 17.7 Å². The van der Waals surface area contributed by atoms with Crippen LogP contribution in [-0.4, -0.2) is 31.9 Å². The number of benzene rings is 2. The van der Waals surface area contributed by atoms with Crippen molar-refractivity contribution in [2.24, 2.45) is 5.92 Å². The molecule has 0 spiro atoms. The molecule has 0 bridgehead atoms. The third-order valence-electron chi connectivity index (χ3n) is 4.31. The summed E-state index contributed by atoms with van der Waals surface area (Å²) in [4.78, 5) is 12.4. The number of nitrogens with one attached hydrogen (secondary N) is 1. The highest BCUT2D eigenvalue weighted by molar-refractivity contribution is 7.98. The Hall–Kier alpha value is -2.21. The molecule has 0 saturated heterocycles. The van der Waals surface area contributed by atoms with Crippen molar-refractivity contribution in [3.05, 3.63) is 59.4 Å². The monoisotopic (exact) mass is 375 g/mol. The van der Waals surface area contributed by atoms with Crippen molar-refractivity contribution in [2.75, 3.05) is 26.0 Å². The average Bonchev–Trinajstić information content (AvgIpc) is 2.68. The molecule has 0 aliphatic carbocycles. The number of amides is 1. The van der Waals surface area contributed by atoms with E-state index in [1.54, 1.807) is 31.0 Å². The zero-order chi connectivity index (χ0) is 18.4. The van der Waals surface area contributed by atoms with Crippen LogP contribution in [0.3, 0.4) is 0 Å². The summed E-state index contributed by atoms with van der Waals surface area (Å²) in [6.45, 7) is 0.937.